The molecule has 7 nitrogen and oxygen atoms in total. The Kier molecular flexibility index (Phi) is 9.14. The van der Waals surface area contributed by atoms with Gasteiger partial charge in [-0.2, -0.15) is 0 Å². The van der Waals surface area contributed by atoms with Crippen LogP contribution in [0.2, 0.25) is 0 Å². The molecule has 0 spiro atoms. The number of fused-ring (bicyclic) bond motifs is 2. The number of thioether (sulfide) groups is 1. The van der Waals surface area contributed by atoms with E-state index >= 15 is 0 Å². The molecule has 1 atom stereocenters. The zero-order chi connectivity index (χ0) is 23.5. The second-order valence-electron chi connectivity index (χ2n) is 7.32. The molecule has 2 amide bonds. The molecule has 2 bridgehead atoms. The van der Waals surface area contributed by atoms with E-state index in [2.05, 4.69) is 10.6 Å². The van der Waals surface area contributed by atoms with Crippen LogP contribution in [0.25, 0.3) is 0 Å². The van der Waals surface area contributed by atoms with Gasteiger partial charge in [0.15, 0.2) is 5.78 Å². The number of carbonyl (C=O) groups is 3. The number of hydrogen-bond donors (Lipinski definition) is 2. The number of ketones is 1. The second kappa shape index (κ2) is 12.5. The summed E-state index contributed by atoms with van der Waals surface area (Å²) in [5.74, 6) is 1.16. The summed E-state index contributed by atoms with van der Waals surface area (Å²) in [6.45, 7) is 1.78. The quantitative estimate of drug-likeness (QED) is 0.457. The molecule has 2 N–H and O–H groups in total. The monoisotopic (exact) mass is 466 g/mol. The van der Waals surface area contributed by atoms with Gasteiger partial charge in [0.05, 0.1) is 12.0 Å². The lowest BCUT2D eigenvalue weighted by atomic mass is 10.1. The Labute approximate surface area is 196 Å². The number of rotatable bonds is 8. The topological polar surface area (TPSA) is 97.6 Å². The fraction of sp³-hybridized carbons (Fsp3) is 0.240. The van der Waals surface area contributed by atoms with Crippen molar-refractivity contribution in [3.63, 3.8) is 0 Å². The third kappa shape index (κ3) is 8.50. The van der Waals surface area contributed by atoms with Crippen LogP contribution < -0.4 is 10.6 Å². The van der Waals surface area contributed by atoms with Crippen LogP contribution in [0.15, 0.2) is 77.4 Å². The molecule has 1 aliphatic rings. The van der Waals surface area contributed by atoms with Crippen LogP contribution in [-0.4, -0.2) is 23.2 Å². The maximum atomic E-state index is 12.3. The first-order valence-electron chi connectivity index (χ1n) is 10.5. The van der Waals surface area contributed by atoms with Crippen molar-refractivity contribution >= 4 is 35.2 Å². The molecule has 3 aromatic rings. The van der Waals surface area contributed by atoms with Crippen molar-refractivity contribution in [1.82, 2.24) is 5.32 Å². The summed E-state index contributed by atoms with van der Waals surface area (Å²) in [6.07, 6.45) is 2.30. The lowest BCUT2D eigenvalue weighted by Gasteiger charge is -2.15. The van der Waals surface area contributed by atoms with Crippen molar-refractivity contribution < 1.29 is 23.5 Å². The highest BCUT2D eigenvalue weighted by molar-refractivity contribution is 7.99. The average Bonchev–Trinajstić information content (AvgIpc) is 3.29. The molecule has 2 aromatic carbocycles. The first-order chi connectivity index (χ1) is 16.0. The summed E-state index contributed by atoms with van der Waals surface area (Å²) in [5.41, 5.74) is 2.93. The van der Waals surface area contributed by atoms with Crippen LogP contribution in [0.5, 0.6) is 0 Å². The lowest BCUT2D eigenvalue weighted by Crippen LogP contribution is -2.37. The minimum Gasteiger partial charge on any atom is -0.468 e. The second-order valence-corrected chi connectivity index (χ2v) is 8.42. The van der Waals surface area contributed by atoms with Gasteiger partial charge in [0.25, 0.3) is 0 Å². The molecule has 172 valence electrons. The fourth-order valence-corrected chi connectivity index (χ4v) is 4.09. The number of Topliss-reactive ketones (excluding diaryl/α,β-unsaturated/α-hetero) is 1. The Morgan fingerprint density at radius 2 is 1.91 bits per heavy atom. The molecule has 1 aliphatic heterocycles. The van der Waals surface area contributed by atoms with Crippen LogP contribution in [-0.2, 0) is 33.1 Å². The van der Waals surface area contributed by atoms with E-state index in [-0.39, 0.29) is 17.8 Å². The Morgan fingerprint density at radius 3 is 2.64 bits per heavy atom. The van der Waals surface area contributed by atoms with E-state index < -0.39 is 5.37 Å². The molecule has 2 heterocycles. The van der Waals surface area contributed by atoms with Gasteiger partial charge in [0.1, 0.15) is 17.7 Å². The molecular formula is C25H26N2O5S. The van der Waals surface area contributed by atoms with Crippen LogP contribution in [0.3, 0.4) is 0 Å². The number of hydrogen-bond acceptors (Lipinski definition) is 6. The number of benzene rings is 2. The Hall–Kier alpha value is -3.52. The zero-order valence-corrected chi connectivity index (χ0v) is 19.1. The fourth-order valence-electron chi connectivity index (χ4n) is 3.04. The van der Waals surface area contributed by atoms with Crippen molar-refractivity contribution in [3.05, 3.63) is 89.9 Å². The number of carbonyl (C=O) groups excluding carboxylic acids is 3. The van der Waals surface area contributed by atoms with E-state index in [1.807, 2.05) is 60.7 Å². The van der Waals surface area contributed by atoms with Crippen molar-refractivity contribution in [2.24, 2.45) is 0 Å². The summed E-state index contributed by atoms with van der Waals surface area (Å²) in [7, 11) is 0. The predicted octanol–water partition coefficient (Wildman–Crippen LogP) is 4.93. The molecule has 4 rings (SSSR count). The number of nitrogens with one attached hydrogen (secondary N) is 2. The van der Waals surface area contributed by atoms with Crippen LogP contribution >= 0.6 is 11.8 Å². The van der Waals surface area contributed by atoms with Gasteiger partial charge in [-0.3, -0.25) is 14.9 Å². The highest BCUT2D eigenvalue weighted by Crippen LogP contribution is 2.19. The normalized spacial score (nSPS) is 12.8. The summed E-state index contributed by atoms with van der Waals surface area (Å²) < 4.78 is 10.1. The third-order valence-electron chi connectivity index (χ3n) is 4.65. The molecule has 0 radical (unpaired) electrons. The summed E-state index contributed by atoms with van der Waals surface area (Å²) >= 11 is 1.38. The molecule has 0 saturated heterocycles. The summed E-state index contributed by atoms with van der Waals surface area (Å²) in [4.78, 5) is 34.4. The van der Waals surface area contributed by atoms with E-state index in [0.29, 0.717) is 25.2 Å². The van der Waals surface area contributed by atoms with Gasteiger partial charge in [-0.1, -0.05) is 42.5 Å². The lowest BCUT2D eigenvalue weighted by molar-refractivity contribution is -0.124. The van der Waals surface area contributed by atoms with Gasteiger partial charge < -0.3 is 14.5 Å². The minimum atomic E-state index is -0.536. The average molecular weight is 467 g/mol. The van der Waals surface area contributed by atoms with Crippen molar-refractivity contribution in [2.45, 2.75) is 37.5 Å². The molecule has 8 heteroatoms. The Balaban J connectivity index is 0.000000231. The number of aryl methyl sites for hydroxylation is 1. The van der Waals surface area contributed by atoms with Gasteiger partial charge in [0, 0.05) is 19.0 Å². The Bertz CT molecular complexity index is 1050. The van der Waals surface area contributed by atoms with Crippen LogP contribution in [0, 0.1) is 0 Å². The van der Waals surface area contributed by atoms with Gasteiger partial charge >= 0.3 is 6.09 Å². The number of furan rings is 1. The Morgan fingerprint density at radius 1 is 1.09 bits per heavy atom. The minimum absolute atomic E-state index is 0.0237. The molecule has 1 aromatic heterocycles. The third-order valence-corrected chi connectivity index (χ3v) is 5.81. The number of anilines is 1. The van der Waals surface area contributed by atoms with Gasteiger partial charge in [0.2, 0.25) is 5.91 Å². The van der Waals surface area contributed by atoms with Crippen molar-refractivity contribution in [3.8, 4) is 0 Å². The maximum Gasteiger partial charge on any atom is 0.411 e. The smallest absolute Gasteiger partial charge is 0.411 e. The highest BCUT2D eigenvalue weighted by atomic mass is 32.2. The SMILES string of the molecule is CC(=O)N[C@@H](SCc1ccco1)C(=O)CCc1ccccc1.O=C1Nc2cccc(c2)CO1. The van der Waals surface area contributed by atoms with Crippen LogP contribution in [0.4, 0.5) is 10.5 Å². The maximum absolute atomic E-state index is 12.3. The molecule has 0 aliphatic carbocycles. The summed E-state index contributed by atoms with van der Waals surface area (Å²) in [6, 6.07) is 21.0. The first-order valence-corrected chi connectivity index (χ1v) is 11.5. The molecule has 0 saturated carbocycles. The molecular weight excluding hydrogens is 440 g/mol. The number of amides is 2. The van der Waals surface area contributed by atoms with E-state index in [9.17, 15) is 14.4 Å². The van der Waals surface area contributed by atoms with E-state index in [4.69, 9.17) is 9.15 Å². The highest BCUT2D eigenvalue weighted by Gasteiger charge is 2.20. The van der Waals surface area contributed by atoms with Crippen molar-refractivity contribution in [2.75, 3.05) is 5.32 Å². The van der Waals surface area contributed by atoms with Crippen molar-refractivity contribution in [1.29, 1.82) is 0 Å². The standard InChI is InChI=1S/C17H19NO3S.C8H7NO2/c1-13(19)18-17(22-12-15-8-5-11-21-15)16(20)10-9-14-6-3-2-4-7-14;10-8-9-7-3-1-2-6(4-7)5-11-8/h2-8,11,17H,9-10,12H2,1H3,(H,18,19);1-4H,5H2,(H,9,10)/t17-;/m0./s1. The summed E-state index contributed by atoms with van der Waals surface area (Å²) in [5, 5.41) is 4.76. The van der Waals surface area contributed by atoms with Gasteiger partial charge in [-0.05, 0) is 41.8 Å². The molecule has 0 unspecified atom stereocenters. The molecule has 0 fully saturated rings. The van der Waals surface area contributed by atoms with E-state index in [1.165, 1.54) is 18.7 Å². The predicted molar refractivity (Wildman–Crippen MR) is 128 cm³/mol. The largest absolute Gasteiger partial charge is 0.468 e. The van der Waals surface area contributed by atoms with Crippen LogP contribution in [0.1, 0.15) is 30.2 Å². The van der Waals surface area contributed by atoms with Gasteiger partial charge in [-0.25, -0.2) is 4.79 Å². The van der Waals surface area contributed by atoms with Gasteiger partial charge in [-0.15, -0.1) is 11.8 Å². The number of ether oxygens (including phenoxy) is 1. The first kappa shape index (κ1) is 24.1. The zero-order valence-electron chi connectivity index (χ0n) is 18.3. The van der Waals surface area contributed by atoms with E-state index in [0.717, 1.165) is 22.6 Å². The number of cyclic esters (lactones) is 1. The van der Waals surface area contributed by atoms with E-state index in [1.54, 1.807) is 12.3 Å². The molecule has 33 heavy (non-hydrogen) atoms.